The van der Waals surface area contributed by atoms with Crippen molar-refractivity contribution in [1.82, 2.24) is 10.2 Å². The van der Waals surface area contributed by atoms with E-state index in [1.54, 1.807) is 0 Å². The third kappa shape index (κ3) is 5.49. The van der Waals surface area contributed by atoms with Crippen molar-refractivity contribution < 1.29 is 9.53 Å². The summed E-state index contributed by atoms with van der Waals surface area (Å²) in [5.41, 5.74) is 3.51. The lowest BCUT2D eigenvalue weighted by atomic mass is 10.1. The molecule has 2 N–H and O–H groups in total. The van der Waals surface area contributed by atoms with E-state index in [1.807, 2.05) is 37.4 Å². The number of likely N-dealkylation sites (tertiary alicyclic amines) is 1. The highest BCUT2D eigenvalue weighted by Gasteiger charge is 2.22. The highest BCUT2D eigenvalue weighted by molar-refractivity contribution is 5.67. The molecule has 1 fully saturated rings. The zero-order valence-electron chi connectivity index (χ0n) is 15.3. The lowest BCUT2D eigenvalue weighted by molar-refractivity contribution is 0.0485. The average Bonchev–Trinajstić information content (AvgIpc) is 2.69. The van der Waals surface area contributed by atoms with E-state index in [1.165, 1.54) is 5.56 Å². The van der Waals surface area contributed by atoms with E-state index in [9.17, 15) is 4.79 Å². The van der Waals surface area contributed by atoms with Gasteiger partial charge in [-0.3, -0.25) is 4.90 Å². The smallest absolute Gasteiger partial charge is 0.407 e. The summed E-state index contributed by atoms with van der Waals surface area (Å²) in [6, 6.07) is 18.4. The van der Waals surface area contributed by atoms with E-state index in [-0.39, 0.29) is 12.2 Å². The Hall–Kier alpha value is -2.53. The zero-order chi connectivity index (χ0) is 18.2. The molecule has 0 bridgehead atoms. The molecule has 0 unspecified atom stereocenters. The van der Waals surface area contributed by atoms with Crippen LogP contribution in [0, 0.1) is 0 Å². The van der Waals surface area contributed by atoms with Gasteiger partial charge < -0.3 is 15.4 Å². The van der Waals surface area contributed by atoms with Crippen LogP contribution in [0.15, 0.2) is 54.6 Å². The second kappa shape index (κ2) is 9.25. The van der Waals surface area contributed by atoms with Gasteiger partial charge in [0.05, 0.1) is 0 Å². The molecule has 1 aliphatic rings. The predicted molar refractivity (Wildman–Crippen MR) is 104 cm³/mol. The predicted octanol–water partition coefficient (Wildman–Crippen LogP) is 3.62. The number of hydrogen-bond donors (Lipinski definition) is 2. The van der Waals surface area contributed by atoms with E-state index in [0.29, 0.717) is 6.54 Å². The molecule has 0 saturated carbocycles. The van der Waals surface area contributed by atoms with Gasteiger partial charge in [-0.15, -0.1) is 0 Å². The Kier molecular flexibility index (Phi) is 6.50. The minimum atomic E-state index is -0.324. The highest BCUT2D eigenvalue weighted by atomic mass is 16.6. The first-order valence-corrected chi connectivity index (χ1v) is 9.20. The third-order valence-corrected chi connectivity index (χ3v) is 4.74. The Balaban J connectivity index is 1.37. The van der Waals surface area contributed by atoms with Gasteiger partial charge in [0, 0.05) is 38.9 Å². The van der Waals surface area contributed by atoms with E-state index in [0.717, 1.165) is 43.7 Å². The number of nitrogens with one attached hydrogen (secondary N) is 2. The maximum Gasteiger partial charge on any atom is 0.407 e. The van der Waals surface area contributed by atoms with Crippen molar-refractivity contribution in [2.75, 3.05) is 25.5 Å². The van der Waals surface area contributed by atoms with Gasteiger partial charge in [0.1, 0.15) is 6.10 Å². The van der Waals surface area contributed by atoms with Crippen molar-refractivity contribution in [3.8, 4) is 0 Å². The molecule has 1 saturated heterocycles. The van der Waals surface area contributed by atoms with E-state index >= 15 is 0 Å². The molecule has 1 aliphatic heterocycles. The van der Waals surface area contributed by atoms with Crippen LogP contribution in [0.2, 0.25) is 0 Å². The number of hydrogen-bond acceptors (Lipinski definition) is 4. The Morgan fingerprint density at radius 2 is 1.73 bits per heavy atom. The highest BCUT2D eigenvalue weighted by Crippen LogP contribution is 2.17. The number of amides is 1. The molecule has 0 atom stereocenters. The van der Waals surface area contributed by atoms with Crippen molar-refractivity contribution >= 4 is 11.8 Å². The quantitative estimate of drug-likeness (QED) is 0.833. The van der Waals surface area contributed by atoms with Crippen molar-refractivity contribution in [3.05, 3.63) is 65.7 Å². The van der Waals surface area contributed by atoms with Crippen LogP contribution >= 0.6 is 0 Å². The van der Waals surface area contributed by atoms with Gasteiger partial charge in [-0.25, -0.2) is 4.79 Å². The van der Waals surface area contributed by atoms with Gasteiger partial charge >= 0.3 is 6.09 Å². The minimum absolute atomic E-state index is 0.00805. The molecule has 26 heavy (non-hydrogen) atoms. The van der Waals surface area contributed by atoms with Gasteiger partial charge in [0.15, 0.2) is 0 Å². The summed E-state index contributed by atoms with van der Waals surface area (Å²) in [5.74, 6) is 0. The first kappa shape index (κ1) is 18.3. The lowest BCUT2D eigenvalue weighted by Gasteiger charge is -2.31. The maximum absolute atomic E-state index is 12.0. The molecule has 1 heterocycles. The van der Waals surface area contributed by atoms with Crippen molar-refractivity contribution in [2.24, 2.45) is 0 Å². The fourth-order valence-corrected chi connectivity index (χ4v) is 3.18. The monoisotopic (exact) mass is 353 g/mol. The van der Waals surface area contributed by atoms with Gasteiger partial charge in [0.2, 0.25) is 0 Å². The van der Waals surface area contributed by atoms with Crippen LogP contribution < -0.4 is 10.6 Å². The molecule has 2 aromatic carbocycles. The summed E-state index contributed by atoms with van der Waals surface area (Å²) in [4.78, 5) is 14.4. The largest absolute Gasteiger partial charge is 0.446 e. The topological polar surface area (TPSA) is 53.6 Å². The second-order valence-electron chi connectivity index (χ2n) is 6.67. The first-order chi connectivity index (χ1) is 12.7. The van der Waals surface area contributed by atoms with E-state index < -0.39 is 0 Å². The van der Waals surface area contributed by atoms with Gasteiger partial charge in [-0.05, 0) is 36.1 Å². The summed E-state index contributed by atoms with van der Waals surface area (Å²) < 4.78 is 5.56. The Morgan fingerprint density at radius 1 is 1.04 bits per heavy atom. The van der Waals surface area contributed by atoms with E-state index in [2.05, 4.69) is 39.8 Å². The molecule has 5 nitrogen and oxygen atoms in total. The molecule has 3 rings (SSSR count). The molecule has 138 valence electrons. The van der Waals surface area contributed by atoms with Crippen LogP contribution in [-0.2, 0) is 17.8 Å². The normalized spacial score (nSPS) is 15.4. The van der Waals surface area contributed by atoms with Crippen molar-refractivity contribution in [1.29, 1.82) is 0 Å². The fraction of sp³-hybridized carbons (Fsp3) is 0.381. The van der Waals surface area contributed by atoms with Gasteiger partial charge in [-0.1, -0.05) is 42.5 Å². The Morgan fingerprint density at radius 3 is 2.38 bits per heavy atom. The van der Waals surface area contributed by atoms with Gasteiger partial charge in [-0.2, -0.15) is 0 Å². The number of piperidine rings is 1. The van der Waals surface area contributed by atoms with Gasteiger partial charge in [0.25, 0.3) is 0 Å². The number of nitrogens with zero attached hydrogens (tertiary/aromatic N) is 1. The maximum atomic E-state index is 12.0. The molecule has 0 aliphatic carbocycles. The standard InChI is InChI=1S/C21H27N3O2/c1-22-19-9-7-18(8-10-19)16-24-13-11-20(12-14-24)26-21(25)23-15-17-5-3-2-4-6-17/h2-10,20,22H,11-16H2,1H3,(H,23,25). The molecular weight excluding hydrogens is 326 g/mol. The SMILES string of the molecule is CNc1ccc(CN2CCC(OC(=O)NCc3ccccc3)CC2)cc1. The molecule has 0 aromatic heterocycles. The van der Waals surface area contributed by atoms with Crippen LogP contribution in [0.4, 0.5) is 10.5 Å². The number of carbonyl (C=O) groups excluding carboxylic acids is 1. The number of alkyl carbamates (subject to hydrolysis) is 1. The molecule has 1 amide bonds. The second-order valence-corrected chi connectivity index (χ2v) is 6.67. The summed E-state index contributed by atoms with van der Waals surface area (Å²) in [5, 5.41) is 5.96. The third-order valence-electron chi connectivity index (χ3n) is 4.74. The molecule has 5 heteroatoms. The van der Waals surface area contributed by atoms with Crippen LogP contribution in [0.1, 0.15) is 24.0 Å². The fourth-order valence-electron chi connectivity index (χ4n) is 3.18. The number of carbonyl (C=O) groups is 1. The zero-order valence-corrected chi connectivity index (χ0v) is 15.3. The summed E-state index contributed by atoms with van der Waals surface area (Å²) in [6.07, 6.45) is 1.45. The van der Waals surface area contributed by atoms with Crippen molar-refractivity contribution in [3.63, 3.8) is 0 Å². The summed E-state index contributed by atoms with van der Waals surface area (Å²) in [6.45, 7) is 3.34. The summed E-state index contributed by atoms with van der Waals surface area (Å²) in [7, 11) is 1.93. The summed E-state index contributed by atoms with van der Waals surface area (Å²) >= 11 is 0. The molecule has 2 aromatic rings. The molecule has 0 radical (unpaired) electrons. The molecule has 0 spiro atoms. The first-order valence-electron chi connectivity index (χ1n) is 9.20. The Labute approximate surface area is 155 Å². The molecular formula is C21H27N3O2. The number of benzene rings is 2. The number of ether oxygens (including phenoxy) is 1. The lowest BCUT2D eigenvalue weighted by Crippen LogP contribution is -2.39. The average molecular weight is 353 g/mol. The number of anilines is 1. The number of rotatable bonds is 6. The van der Waals surface area contributed by atoms with E-state index in [4.69, 9.17) is 4.74 Å². The Bertz CT molecular complexity index is 680. The van der Waals surface area contributed by atoms with Crippen LogP contribution in [0.3, 0.4) is 0 Å². The van der Waals surface area contributed by atoms with Crippen LogP contribution in [0.5, 0.6) is 0 Å². The van der Waals surface area contributed by atoms with Crippen LogP contribution in [0.25, 0.3) is 0 Å². The van der Waals surface area contributed by atoms with Crippen LogP contribution in [-0.4, -0.2) is 37.2 Å². The minimum Gasteiger partial charge on any atom is -0.446 e. The van der Waals surface area contributed by atoms with Crippen molar-refractivity contribution in [2.45, 2.75) is 32.0 Å².